The first-order valence-electron chi connectivity index (χ1n) is 10.2. The Kier molecular flexibility index (Phi) is 5.67. The number of fused-ring (bicyclic) bond motifs is 1. The number of nitriles is 1. The molecule has 8 nitrogen and oxygen atoms in total. The lowest BCUT2D eigenvalue weighted by atomic mass is 10.1. The van der Waals surface area contributed by atoms with Gasteiger partial charge in [-0.1, -0.05) is 25.1 Å². The molecule has 0 radical (unpaired) electrons. The monoisotopic (exact) mass is 429 g/mol. The quantitative estimate of drug-likeness (QED) is 0.464. The Morgan fingerprint density at radius 1 is 1.28 bits per heavy atom. The van der Waals surface area contributed by atoms with Gasteiger partial charge in [0, 0.05) is 37.2 Å². The van der Waals surface area contributed by atoms with Crippen molar-refractivity contribution in [1.82, 2.24) is 14.3 Å². The van der Waals surface area contributed by atoms with Gasteiger partial charge >= 0.3 is 5.97 Å². The molecule has 2 aromatic carbocycles. The topological polar surface area (TPSA) is 119 Å². The summed E-state index contributed by atoms with van der Waals surface area (Å²) in [6, 6.07) is 15.9. The fourth-order valence-corrected chi connectivity index (χ4v) is 3.69. The van der Waals surface area contributed by atoms with Crippen LogP contribution in [0.25, 0.3) is 16.6 Å². The van der Waals surface area contributed by atoms with Crippen LogP contribution in [0.2, 0.25) is 0 Å². The highest BCUT2D eigenvalue weighted by molar-refractivity contribution is 5.87. The summed E-state index contributed by atoms with van der Waals surface area (Å²) in [5.74, 6) is -0.000485. The van der Waals surface area contributed by atoms with Crippen LogP contribution in [0, 0.1) is 11.3 Å². The highest BCUT2D eigenvalue weighted by atomic mass is 16.5. The lowest BCUT2D eigenvalue weighted by Gasteiger charge is -2.13. The molecule has 1 unspecified atom stereocenters. The molecular formula is C24H23N5O3. The number of carboxylic acids is 1. The first-order valence-corrected chi connectivity index (χ1v) is 10.2. The summed E-state index contributed by atoms with van der Waals surface area (Å²) in [5.41, 5.74) is 9.59. The van der Waals surface area contributed by atoms with Gasteiger partial charge in [-0.25, -0.2) is 4.68 Å². The van der Waals surface area contributed by atoms with Crippen molar-refractivity contribution in [1.29, 1.82) is 5.26 Å². The molecule has 0 aliphatic heterocycles. The van der Waals surface area contributed by atoms with E-state index in [4.69, 9.17) is 10.5 Å². The molecule has 8 heteroatoms. The van der Waals surface area contributed by atoms with Gasteiger partial charge in [-0.15, -0.1) is 0 Å². The van der Waals surface area contributed by atoms with E-state index in [9.17, 15) is 15.2 Å². The van der Waals surface area contributed by atoms with Crippen LogP contribution in [0.3, 0.4) is 0 Å². The first-order chi connectivity index (χ1) is 15.4. The number of aryl methyl sites for hydroxylation is 2. The average Bonchev–Trinajstić information content (AvgIpc) is 3.34. The minimum Gasteiger partial charge on any atom is -0.480 e. The van der Waals surface area contributed by atoms with Gasteiger partial charge in [0.2, 0.25) is 5.88 Å². The van der Waals surface area contributed by atoms with E-state index in [1.165, 1.54) is 0 Å². The Morgan fingerprint density at radius 2 is 2.06 bits per heavy atom. The van der Waals surface area contributed by atoms with Gasteiger partial charge in [0.05, 0.1) is 28.5 Å². The smallest absolute Gasteiger partial charge is 0.320 e. The van der Waals surface area contributed by atoms with Gasteiger partial charge in [-0.2, -0.15) is 10.4 Å². The molecule has 162 valence electrons. The number of aliphatic carboxylic acids is 1. The van der Waals surface area contributed by atoms with E-state index in [1.54, 1.807) is 23.9 Å². The van der Waals surface area contributed by atoms with Crippen LogP contribution in [0.1, 0.15) is 23.7 Å². The van der Waals surface area contributed by atoms with Gasteiger partial charge in [-0.05, 0) is 30.2 Å². The molecule has 2 heterocycles. The third-order valence-electron chi connectivity index (χ3n) is 5.36. The number of benzene rings is 2. The lowest BCUT2D eigenvalue weighted by Crippen LogP contribution is -2.32. The molecule has 0 saturated heterocycles. The number of carboxylic acid groups (broad SMARTS) is 1. The van der Waals surface area contributed by atoms with E-state index in [2.05, 4.69) is 11.2 Å². The van der Waals surface area contributed by atoms with Crippen molar-refractivity contribution in [2.45, 2.75) is 25.8 Å². The van der Waals surface area contributed by atoms with E-state index >= 15 is 0 Å². The Morgan fingerprint density at radius 3 is 2.75 bits per heavy atom. The van der Waals surface area contributed by atoms with E-state index in [0.29, 0.717) is 17.2 Å². The van der Waals surface area contributed by atoms with E-state index in [-0.39, 0.29) is 6.42 Å². The number of nitrogens with zero attached hydrogens (tertiary/aromatic N) is 4. The maximum absolute atomic E-state index is 11.3. The van der Waals surface area contributed by atoms with Crippen LogP contribution in [0.4, 0.5) is 0 Å². The number of carbonyl (C=O) groups is 1. The number of aromatic nitrogens is 3. The molecule has 0 spiro atoms. The summed E-state index contributed by atoms with van der Waals surface area (Å²) in [5, 5.41) is 24.0. The van der Waals surface area contributed by atoms with Crippen molar-refractivity contribution in [3.8, 4) is 23.4 Å². The number of para-hydroxylation sites is 1. The summed E-state index contributed by atoms with van der Waals surface area (Å²) in [7, 11) is 1.80. The van der Waals surface area contributed by atoms with Crippen LogP contribution < -0.4 is 10.5 Å². The van der Waals surface area contributed by atoms with Gasteiger partial charge in [-0.3, -0.25) is 4.79 Å². The van der Waals surface area contributed by atoms with E-state index in [1.807, 2.05) is 54.1 Å². The fourth-order valence-electron chi connectivity index (χ4n) is 3.69. The predicted molar refractivity (Wildman–Crippen MR) is 120 cm³/mol. The second-order valence-electron chi connectivity index (χ2n) is 7.54. The average molecular weight is 429 g/mol. The number of rotatable bonds is 7. The van der Waals surface area contributed by atoms with Gasteiger partial charge in [0.25, 0.3) is 0 Å². The van der Waals surface area contributed by atoms with Crippen LogP contribution in [-0.4, -0.2) is 31.5 Å². The highest BCUT2D eigenvalue weighted by Gasteiger charge is 2.19. The third kappa shape index (κ3) is 3.94. The standard InChI is InChI=1S/C24H23N5O3/c1-3-17-12-23(28(2)27-17)32-22-10-15(13-25)8-9-21(22)29-14-16(11-19(26)24(30)31)18-6-4-5-7-20(18)29/h4-10,12,14,19H,3,11,26H2,1-2H3,(H,30,31). The Labute approximate surface area is 185 Å². The summed E-state index contributed by atoms with van der Waals surface area (Å²) in [6.07, 6.45) is 2.84. The van der Waals surface area contributed by atoms with Gasteiger partial charge in [0.1, 0.15) is 6.04 Å². The van der Waals surface area contributed by atoms with Crippen LogP contribution in [0.15, 0.2) is 54.7 Å². The molecule has 0 aliphatic carbocycles. The first kappa shape index (κ1) is 21.2. The van der Waals surface area contributed by atoms with Crippen molar-refractivity contribution in [3.05, 3.63) is 71.5 Å². The molecule has 0 amide bonds. The number of hydrogen-bond acceptors (Lipinski definition) is 5. The number of ether oxygens (including phenoxy) is 1. The molecule has 0 bridgehead atoms. The number of nitrogens with two attached hydrogens (primary N) is 1. The number of hydrogen-bond donors (Lipinski definition) is 2. The zero-order valence-corrected chi connectivity index (χ0v) is 17.8. The van der Waals surface area contributed by atoms with Crippen molar-refractivity contribution in [2.75, 3.05) is 0 Å². The third-order valence-corrected chi connectivity index (χ3v) is 5.36. The minimum absolute atomic E-state index is 0.191. The van der Waals surface area contributed by atoms with Crippen LogP contribution in [-0.2, 0) is 24.7 Å². The fraction of sp³-hybridized carbons (Fsp3) is 0.208. The summed E-state index contributed by atoms with van der Waals surface area (Å²) in [6.45, 7) is 2.02. The maximum Gasteiger partial charge on any atom is 0.320 e. The summed E-state index contributed by atoms with van der Waals surface area (Å²) < 4.78 is 9.80. The SMILES string of the molecule is CCc1cc(Oc2cc(C#N)ccc2-n2cc(CC(N)C(=O)O)c3ccccc32)n(C)n1. The predicted octanol–water partition coefficient (Wildman–Crippen LogP) is 3.54. The maximum atomic E-state index is 11.3. The molecule has 2 aromatic heterocycles. The van der Waals surface area contributed by atoms with Crippen LogP contribution >= 0.6 is 0 Å². The van der Waals surface area contributed by atoms with Crippen LogP contribution in [0.5, 0.6) is 11.6 Å². The zero-order valence-electron chi connectivity index (χ0n) is 17.8. The lowest BCUT2D eigenvalue weighted by molar-refractivity contribution is -0.138. The van der Waals surface area contributed by atoms with Crippen molar-refractivity contribution in [2.24, 2.45) is 12.8 Å². The molecule has 0 aliphatic rings. The highest BCUT2D eigenvalue weighted by Crippen LogP contribution is 2.34. The normalized spacial score (nSPS) is 11.9. The second kappa shape index (κ2) is 8.57. The molecule has 1 atom stereocenters. The Balaban J connectivity index is 1.85. The Hall–Kier alpha value is -4.09. The van der Waals surface area contributed by atoms with Gasteiger partial charge < -0.3 is 20.1 Å². The molecule has 0 saturated carbocycles. The molecule has 3 N–H and O–H groups in total. The minimum atomic E-state index is -1.05. The van der Waals surface area contributed by atoms with Crippen molar-refractivity contribution >= 4 is 16.9 Å². The summed E-state index contributed by atoms with van der Waals surface area (Å²) in [4.78, 5) is 11.3. The largest absolute Gasteiger partial charge is 0.480 e. The van der Waals surface area contributed by atoms with Crippen molar-refractivity contribution in [3.63, 3.8) is 0 Å². The molecule has 32 heavy (non-hydrogen) atoms. The Bertz CT molecular complexity index is 1350. The second-order valence-corrected chi connectivity index (χ2v) is 7.54. The van der Waals surface area contributed by atoms with Gasteiger partial charge in [0.15, 0.2) is 5.75 Å². The zero-order chi connectivity index (χ0) is 22.8. The van der Waals surface area contributed by atoms with E-state index < -0.39 is 12.0 Å². The van der Waals surface area contributed by atoms with Crippen molar-refractivity contribution < 1.29 is 14.6 Å². The molecule has 0 fully saturated rings. The molecule has 4 aromatic rings. The molecule has 4 rings (SSSR count). The summed E-state index contributed by atoms with van der Waals surface area (Å²) >= 11 is 0. The van der Waals surface area contributed by atoms with E-state index in [0.717, 1.165) is 34.3 Å². The molecular weight excluding hydrogens is 406 g/mol.